The molecule has 110 valence electrons. The lowest BCUT2D eigenvalue weighted by molar-refractivity contribution is 0.218. The summed E-state index contributed by atoms with van der Waals surface area (Å²) in [7, 11) is 1.68. The van der Waals surface area contributed by atoms with Crippen LogP contribution in [-0.2, 0) is 6.54 Å². The number of hydrogen-bond donors (Lipinski definition) is 1. The Morgan fingerprint density at radius 1 is 1.40 bits per heavy atom. The van der Waals surface area contributed by atoms with E-state index in [0.717, 1.165) is 41.9 Å². The van der Waals surface area contributed by atoms with Gasteiger partial charge in [-0.1, -0.05) is 13.0 Å². The molecule has 0 aliphatic heterocycles. The molecule has 0 fully saturated rings. The van der Waals surface area contributed by atoms with Crippen LogP contribution in [0.25, 0.3) is 0 Å². The Balaban J connectivity index is 2.18. The summed E-state index contributed by atoms with van der Waals surface area (Å²) in [5.41, 5.74) is 1.18. The zero-order valence-electron chi connectivity index (χ0n) is 12.1. The van der Waals surface area contributed by atoms with Gasteiger partial charge in [0, 0.05) is 6.54 Å². The summed E-state index contributed by atoms with van der Waals surface area (Å²) in [5.74, 6) is 1.58. The number of rotatable bonds is 6. The van der Waals surface area contributed by atoms with Crippen LogP contribution < -0.4 is 14.8 Å². The van der Waals surface area contributed by atoms with E-state index in [-0.39, 0.29) is 6.10 Å². The molecule has 1 aliphatic rings. The van der Waals surface area contributed by atoms with E-state index in [2.05, 4.69) is 46.4 Å². The van der Waals surface area contributed by atoms with E-state index in [1.54, 1.807) is 7.11 Å². The second kappa shape index (κ2) is 7.70. The van der Waals surface area contributed by atoms with Crippen LogP contribution in [0.5, 0.6) is 11.5 Å². The third-order valence-electron chi connectivity index (χ3n) is 3.35. The summed E-state index contributed by atoms with van der Waals surface area (Å²) in [5, 5.41) is 3.32. The fourth-order valence-corrected chi connectivity index (χ4v) is 2.87. The quantitative estimate of drug-likeness (QED) is 0.793. The van der Waals surface area contributed by atoms with Crippen LogP contribution in [0.15, 0.2) is 28.8 Å². The Bertz CT molecular complexity index is 474. The second-order valence-corrected chi connectivity index (χ2v) is 5.76. The zero-order valence-corrected chi connectivity index (χ0v) is 13.7. The molecule has 0 aromatic heterocycles. The highest BCUT2D eigenvalue weighted by Gasteiger charge is 2.17. The zero-order chi connectivity index (χ0) is 14.4. The van der Waals surface area contributed by atoms with Gasteiger partial charge in [-0.15, -0.1) is 0 Å². The maximum Gasteiger partial charge on any atom is 0.176 e. The lowest BCUT2D eigenvalue weighted by Crippen LogP contribution is -2.17. The minimum atomic E-state index is 0.147. The fraction of sp³-hybridized carbons (Fsp3) is 0.500. The summed E-state index contributed by atoms with van der Waals surface area (Å²) in [6.45, 7) is 3.87. The van der Waals surface area contributed by atoms with E-state index in [1.807, 2.05) is 6.07 Å². The molecule has 0 amide bonds. The van der Waals surface area contributed by atoms with Crippen molar-refractivity contribution in [2.45, 2.75) is 38.8 Å². The highest BCUT2D eigenvalue weighted by Crippen LogP contribution is 2.38. The fourth-order valence-electron chi connectivity index (χ4n) is 2.29. The number of ether oxygens (including phenoxy) is 2. The molecule has 1 unspecified atom stereocenters. The Hall–Kier alpha value is -1.00. The van der Waals surface area contributed by atoms with Crippen molar-refractivity contribution in [2.24, 2.45) is 0 Å². The molecule has 0 saturated carbocycles. The van der Waals surface area contributed by atoms with Gasteiger partial charge in [0.1, 0.15) is 6.10 Å². The number of benzene rings is 1. The minimum absolute atomic E-state index is 0.147. The molecule has 1 aliphatic carbocycles. The minimum Gasteiger partial charge on any atom is -0.493 e. The monoisotopic (exact) mass is 339 g/mol. The van der Waals surface area contributed by atoms with Gasteiger partial charge in [0.25, 0.3) is 0 Å². The molecule has 0 radical (unpaired) electrons. The van der Waals surface area contributed by atoms with Gasteiger partial charge >= 0.3 is 0 Å². The first kappa shape index (κ1) is 15.4. The molecule has 4 heteroatoms. The van der Waals surface area contributed by atoms with E-state index in [4.69, 9.17) is 9.47 Å². The molecule has 1 aromatic carbocycles. The second-order valence-electron chi connectivity index (χ2n) is 4.90. The van der Waals surface area contributed by atoms with Crippen LogP contribution in [-0.4, -0.2) is 19.8 Å². The van der Waals surface area contributed by atoms with Crippen molar-refractivity contribution in [3.8, 4) is 11.5 Å². The van der Waals surface area contributed by atoms with Crippen molar-refractivity contribution >= 4 is 15.9 Å². The third-order valence-corrected chi connectivity index (χ3v) is 3.94. The number of allylic oxidation sites excluding steroid dienone is 1. The summed E-state index contributed by atoms with van der Waals surface area (Å²) in [4.78, 5) is 0. The molecule has 2 rings (SSSR count). The van der Waals surface area contributed by atoms with Crippen molar-refractivity contribution in [1.29, 1.82) is 0 Å². The van der Waals surface area contributed by atoms with Gasteiger partial charge in [-0.25, -0.2) is 0 Å². The first-order valence-corrected chi connectivity index (χ1v) is 7.94. The van der Waals surface area contributed by atoms with E-state index in [0.29, 0.717) is 0 Å². The van der Waals surface area contributed by atoms with Crippen LogP contribution in [0, 0.1) is 0 Å². The Kier molecular flexibility index (Phi) is 5.92. The molecule has 0 heterocycles. The summed E-state index contributed by atoms with van der Waals surface area (Å²) >= 11 is 3.60. The smallest absolute Gasteiger partial charge is 0.176 e. The van der Waals surface area contributed by atoms with Gasteiger partial charge < -0.3 is 14.8 Å². The highest BCUT2D eigenvalue weighted by molar-refractivity contribution is 9.10. The third kappa shape index (κ3) is 4.00. The number of methoxy groups -OCH3 is 1. The number of hydrogen-bond acceptors (Lipinski definition) is 3. The average molecular weight is 340 g/mol. The summed E-state index contributed by atoms with van der Waals surface area (Å²) < 4.78 is 12.5. The molecular weight excluding hydrogens is 318 g/mol. The van der Waals surface area contributed by atoms with Crippen LogP contribution >= 0.6 is 15.9 Å². The maximum absolute atomic E-state index is 6.09. The Labute approximate surface area is 129 Å². The van der Waals surface area contributed by atoms with Crippen LogP contribution in [0.4, 0.5) is 0 Å². The Morgan fingerprint density at radius 3 is 2.90 bits per heavy atom. The lowest BCUT2D eigenvalue weighted by Gasteiger charge is -2.21. The Morgan fingerprint density at radius 2 is 2.25 bits per heavy atom. The molecular formula is C16H22BrNO2. The summed E-state index contributed by atoms with van der Waals surface area (Å²) in [6.07, 6.45) is 7.87. The predicted octanol–water partition coefficient (Wildman–Crippen LogP) is 4.05. The molecule has 1 aromatic rings. The lowest BCUT2D eigenvalue weighted by atomic mass is 10.1. The molecule has 0 saturated heterocycles. The highest BCUT2D eigenvalue weighted by atomic mass is 79.9. The topological polar surface area (TPSA) is 30.5 Å². The van der Waals surface area contributed by atoms with Crippen LogP contribution in [0.1, 0.15) is 31.7 Å². The first-order chi connectivity index (χ1) is 9.74. The van der Waals surface area contributed by atoms with E-state index >= 15 is 0 Å². The van der Waals surface area contributed by atoms with E-state index in [9.17, 15) is 0 Å². The largest absolute Gasteiger partial charge is 0.493 e. The van der Waals surface area contributed by atoms with Crippen molar-refractivity contribution in [2.75, 3.05) is 13.7 Å². The van der Waals surface area contributed by atoms with E-state index in [1.165, 1.54) is 12.0 Å². The predicted molar refractivity (Wildman–Crippen MR) is 85.5 cm³/mol. The SMILES string of the molecule is CCNCc1cc(Br)c(OC2C=CCCC2)c(OC)c1. The van der Waals surface area contributed by atoms with Gasteiger partial charge in [0.2, 0.25) is 0 Å². The van der Waals surface area contributed by atoms with Crippen LogP contribution in [0.2, 0.25) is 0 Å². The van der Waals surface area contributed by atoms with Gasteiger partial charge in [0.05, 0.1) is 11.6 Å². The average Bonchev–Trinajstić information content (AvgIpc) is 2.48. The molecule has 1 N–H and O–H groups in total. The number of nitrogens with one attached hydrogen (secondary N) is 1. The van der Waals surface area contributed by atoms with Crippen molar-refractivity contribution in [3.05, 3.63) is 34.3 Å². The normalized spacial score (nSPS) is 18.1. The standard InChI is InChI=1S/C16H22BrNO2/c1-3-18-11-12-9-14(17)16(15(10-12)19-2)20-13-7-5-4-6-8-13/h5,7,9-10,13,18H,3-4,6,8,11H2,1-2H3. The first-order valence-electron chi connectivity index (χ1n) is 7.15. The summed E-state index contributed by atoms with van der Waals surface area (Å²) in [6, 6.07) is 4.13. The van der Waals surface area contributed by atoms with Gasteiger partial charge in [-0.3, -0.25) is 0 Å². The molecule has 1 atom stereocenters. The van der Waals surface area contributed by atoms with Gasteiger partial charge in [0.15, 0.2) is 11.5 Å². The van der Waals surface area contributed by atoms with Crippen molar-refractivity contribution in [1.82, 2.24) is 5.32 Å². The molecule has 20 heavy (non-hydrogen) atoms. The maximum atomic E-state index is 6.09. The molecule has 0 bridgehead atoms. The van der Waals surface area contributed by atoms with Gasteiger partial charge in [-0.05, 0) is 65.5 Å². The van der Waals surface area contributed by atoms with Gasteiger partial charge in [-0.2, -0.15) is 0 Å². The van der Waals surface area contributed by atoms with Crippen molar-refractivity contribution in [3.63, 3.8) is 0 Å². The number of halogens is 1. The van der Waals surface area contributed by atoms with Crippen LogP contribution in [0.3, 0.4) is 0 Å². The molecule has 0 spiro atoms. The molecule has 3 nitrogen and oxygen atoms in total. The van der Waals surface area contributed by atoms with E-state index < -0.39 is 0 Å². The van der Waals surface area contributed by atoms with Crippen molar-refractivity contribution < 1.29 is 9.47 Å².